The summed E-state index contributed by atoms with van der Waals surface area (Å²) in [5.41, 5.74) is 1.72. The summed E-state index contributed by atoms with van der Waals surface area (Å²) in [6.07, 6.45) is 1.17. The Bertz CT molecular complexity index is 1240. The number of ether oxygens (including phenoxy) is 1. The molecule has 2 aliphatic heterocycles. The molecule has 1 N–H and O–H groups in total. The quantitative estimate of drug-likeness (QED) is 0.628. The number of amides is 3. The normalized spacial score (nSPS) is 16.8. The van der Waals surface area contributed by atoms with Gasteiger partial charge in [0.25, 0.3) is 11.8 Å². The Kier molecular flexibility index (Phi) is 6.77. The predicted molar refractivity (Wildman–Crippen MR) is 134 cm³/mol. The second-order valence-corrected chi connectivity index (χ2v) is 9.03. The molecule has 7 heteroatoms. The second-order valence-electron chi connectivity index (χ2n) is 9.03. The van der Waals surface area contributed by atoms with Crippen LogP contribution >= 0.6 is 0 Å². The van der Waals surface area contributed by atoms with Gasteiger partial charge in [-0.3, -0.25) is 14.4 Å². The first kappa shape index (κ1) is 23.1. The van der Waals surface area contributed by atoms with Crippen molar-refractivity contribution in [3.8, 4) is 0 Å². The molecule has 2 fully saturated rings. The molecular weight excluding hydrogens is 442 g/mol. The molecule has 2 heterocycles. The van der Waals surface area contributed by atoms with Crippen molar-refractivity contribution in [2.75, 3.05) is 44.7 Å². The molecule has 0 spiro atoms. The van der Waals surface area contributed by atoms with Crippen molar-refractivity contribution in [1.29, 1.82) is 0 Å². The number of anilines is 1. The van der Waals surface area contributed by atoms with E-state index in [9.17, 15) is 14.4 Å². The fourth-order valence-corrected chi connectivity index (χ4v) is 4.88. The van der Waals surface area contributed by atoms with Gasteiger partial charge in [-0.05, 0) is 41.8 Å². The van der Waals surface area contributed by atoms with Gasteiger partial charge in [-0.2, -0.15) is 0 Å². The predicted octanol–water partition coefficient (Wildman–Crippen LogP) is 3.80. The first-order chi connectivity index (χ1) is 17.1. The van der Waals surface area contributed by atoms with E-state index in [1.165, 1.54) is 0 Å². The van der Waals surface area contributed by atoms with Crippen LogP contribution in [0.4, 0.5) is 5.69 Å². The fraction of sp³-hybridized carbons (Fsp3) is 0.321. The Morgan fingerprint density at radius 3 is 2.11 bits per heavy atom. The van der Waals surface area contributed by atoms with E-state index < -0.39 is 0 Å². The van der Waals surface area contributed by atoms with Crippen LogP contribution < -0.4 is 5.32 Å². The lowest BCUT2D eigenvalue weighted by atomic mass is 9.94. The highest BCUT2D eigenvalue weighted by molar-refractivity contribution is 6.07. The van der Waals surface area contributed by atoms with Crippen LogP contribution in [0.5, 0.6) is 0 Å². The SMILES string of the molecule is O=C(Nc1ccccc1C(=O)N1CCOCC1)C1CCN(C(=O)c2cccc3ccccc23)CC1. The number of nitrogens with zero attached hydrogens (tertiary/aromatic N) is 2. The Morgan fingerprint density at radius 1 is 0.714 bits per heavy atom. The van der Waals surface area contributed by atoms with Gasteiger partial charge < -0.3 is 19.9 Å². The number of morpholine rings is 1. The lowest BCUT2D eigenvalue weighted by molar-refractivity contribution is -0.121. The molecule has 0 radical (unpaired) electrons. The molecule has 0 unspecified atom stereocenters. The largest absolute Gasteiger partial charge is 0.378 e. The number of piperidine rings is 1. The summed E-state index contributed by atoms with van der Waals surface area (Å²) in [5.74, 6) is -0.413. The fourth-order valence-electron chi connectivity index (χ4n) is 4.88. The van der Waals surface area contributed by atoms with Gasteiger partial charge in [0.1, 0.15) is 0 Å². The van der Waals surface area contributed by atoms with E-state index in [1.54, 1.807) is 23.1 Å². The zero-order valence-corrected chi connectivity index (χ0v) is 19.6. The number of hydrogen-bond acceptors (Lipinski definition) is 4. The molecule has 0 aliphatic carbocycles. The Morgan fingerprint density at radius 2 is 1.31 bits per heavy atom. The summed E-state index contributed by atoms with van der Waals surface area (Å²) in [4.78, 5) is 42.9. The minimum atomic E-state index is -0.210. The zero-order valence-electron chi connectivity index (χ0n) is 19.6. The third-order valence-electron chi connectivity index (χ3n) is 6.89. The minimum Gasteiger partial charge on any atom is -0.378 e. The topological polar surface area (TPSA) is 79.0 Å². The molecule has 3 aromatic rings. The molecule has 0 atom stereocenters. The molecule has 180 valence electrons. The van der Waals surface area contributed by atoms with E-state index in [0.29, 0.717) is 69.0 Å². The van der Waals surface area contributed by atoms with Crippen molar-refractivity contribution in [2.24, 2.45) is 5.92 Å². The van der Waals surface area contributed by atoms with Crippen molar-refractivity contribution in [2.45, 2.75) is 12.8 Å². The molecule has 3 aromatic carbocycles. The van der Waals surface area contributed by atoms with Gasteiger partial charge in [0.2, 0.25) is 5.91 Å². The Labute approximate surface area is 204 Å². The third kappa shape index (κ3) is 4.91. The lowest BCUT2D eigenvalue weighted by Gasteiger charge is -2.32. The van der Waals surface area contributed by atoms with Gasteiger partial charge in [0.15, 0.2) is 0 Å². The van der Waals surface area contributed by atoms with Crippen LogP contribution in [0, 0.1) is 5.92 Å². The maximum atomic E-state index is 13.2. The highest BCUT2D eigenvalue weighted by Crippen LogP contribution is 2.25. The first-order valence-corrected chi connectivity index (χ1v) is 12.2. The summed E-state index contributed by atoms with van der Waals surface area (Å²) >= 11 is 0. The number of likely N-dealkylation sites (tertiary alicyclic amines) is 1. The number of benzene rings is 3. The van der Waals surface area contributed by atoms with Gasteiger partial charge >= 0.3 is 0 Å². The average Bonchev–Trinajstić information content (AvgIpc) is 2.93. The molecule has 0 aromatic heterocycles. The van der Waals surface area contributed by atoms with E-state index >= 15 is 0 Å². The number of para-hydroxylation sites is 1. The molecule has 35 heavy (non-hydrogen) atoms. The van der Waals surface area contributed by atoms with Crippen molar-refractivity contribution in [3.63, 3.8) is 0 Å². The first-order valence-electron chi connectivity index (χ1n) is 12.2. The number of rotatable bonds is 4. The lowest BCUT2D eigenvalue weighted by Crippen LogP contribution is -2.42. The monoisotopic (exact) mass is 471 g/mol. The maximum absolute atomic E-state index is 13.2. The van der Waals surface area contributed by atoms with Crippen molar-refractivity contribution >= 4 is 34.2 Å². The second kappa shape index (κ2) is 10.3. The van der Waals surface area contributed by atoms with Crippen LogP contribution in [0.1, 0.15) is 33.6 Å². The average molecular weight is 472 g/mol. The number of carbonyl (C=O) groups is 3. The molecule has 2 aliphatic rings. The van der Waals surface area contributed by atoms with Gasteiger partial charge in [0, 0.05) is 37.7 Å². The van der Waals surface area contributed by atoms with E-state index in [2.05, 4.69) is 5.32 Å². The van der Waals surface area contributed by atoms with Crippen LogP contribution in [-0.2, 0) is 9.53 Å². The van der Waals surface area contributed by atoms with Crippen molar-refractivity contribution < 1.29 is 19.1 Å². The van der Waals surface area contributed by atoms with E-state index in [0.717, 1.165) is 10.8 Å². The summed E-state index contributed by atoms with van der Waals surface area (Å²) < 4.78 is 5.34. The van der Waals surface area contributed by atoms with E-state index in [1.807, 2.05) is 53.4 Å². The van der Waals surface area contributed by atoms with Crippen LogP contribution in [0.2, 0.25) is 0 Å². The van der Waals surface area contributed by atoms with E-state index in [-0.39, 0.29) is 23.6 Å². The van der Waals surface area contributed by atoms with Crippen molar-refractivity contribution in [3.05, 3.63) is 77.9 Å². The van der Waals surface area contributed by atoms with Gasteiger partial charge in [-0.25, -0.2) is 0 Å². The molecule has 7 nitrogen and oxygen atoms in total. The molecule has 0 saturated carbocycles. The number of carbonyl (C=O) groups excluding carboxylic acids is 3. The third-order valence-corrected chi connectivity index (χ3v) is 6.89. The summed E-state index contributed by atoms with van der Waals surface area (Å²) in [5, 5.41) is 4.96. The van der Waals surface area contributed by atoms with E-state index in [4.69, 9.17) is 4.74 Å². The number of nitrogens with one attached hydrogen (secondary N) is 1. The molecule has 0 bridgehead atoms. The van der Waals surface area contributed by atoms with Gasteiger partial charge in [-0.1, -0.05) is 48.5 Å². The summed E-state index contributed by atoms with van der Waals surface area (Å²) in [6.45, 7) is 3.18. The van der Waals surface area contributed by atoms with Crippen LogP contribution in [-0.4, -0.2) is 66.9 Å². The number of fused-ring (bicyclic) bond motifs is 1. The molecular formula is C28H29N3O4. The van der Waals surface area contributed by atoms with Crippen LogP contribution in [0.3, 0.4) is 0 Å². The molecule has 2 saturated heterocycles. The van der Waals surface area contributed by atoms with Crippen LogP contribution in [0.25, 0.3) is 10.8 Å². The van der Waals surface area contributed by atoms with Crippen LogP contribution in [0.15, 0.2) is 66.7 Å². The highest BCUT2D eigenvalue weighted by Gasteiger charge is 2.29. The molecule has 5 rings (SSSR count). The van der Waals surface area contributed by atoms with Crippen molar-refractivity contribution in [1.82, 2.24) is 9.80 Å². The zero-order chi connectivity index (χ0) is 24.2. The number of hydrogen-bond donors (Lipinski definition) is 1. The van der Waals surface area contributed by atoms with Gasteiger partial charge in [0.05, 0.1) is 24.5 Å². The summed E-state index contributed by atoms with van der Waals surface area (Å²) in [6, 6.07) is 20.8. The highest BCUT2D eigenvalue weighted by atomic mass is 16.5. The Hall–Kier alpha value is -3.71. The smallest absolute Gasteiger partial charge is 0.256 e. The molecule has 3 amide bonds. The summed E-state index contributed by atoms with van der Waals surface area (Å²) in [7, 11) is 0. The maximum Gasteiger partial charge on any atom is 0.256 e. The standard InChI is InChI=1S/C28H29N3O4/c32-26(29-25-11-4-3-9-24(25)28(34)31-16-18-35-19-17-31)21-12-14-30(15-13-21)27(33)23-10-5-7-20-6-1-2-8-22(20)23/h1-11,21H,12-19H2,(H,29,32). The van der Waals surface area contributed by atoms with Gasteiger partial charge in [-0.15, -0.1) is 0 Å². The Balaban J connectivity index is 1.22. The minimum absolute atomic E-state index is 0.00196.